The molecule has 0 radical (unpaired) electrons. The molecular formula is C13H18ClN. The molecule has 82 valence electrons. The lowest BCUT2D eigenvalue weighted by molar-refractivity contribution is 0.611. The molecule has 0 aliphatic rings. The number of hydrogen-bond acceptors (Lipinski definition) is 1. The van der Waals surface area contributed by atoms with Crippen LogP contribution in [0.3, 0.4) is 0 Å². The number of hydrogen-bond donors (Lipinski definition) is 1. The molecule has 0 aromatic heterocycles. The summed E-state index contributed by atoms with van der Waals surface area (Å²) in [7, 11) is 0. The first-order valence-corrected chi connectivity index (χ1v) is 5.69. The summed E-state index contributed by atoms with van der Waals surface area (Å²) in [6.45, 7) is 9.04. The van der Waals surface area contributed by atoms with Crippen LogP contribution in [0.1, 0.15) is 30.5 Å². The Kier molecular flexibility index (Phi) is 4.86. The first kappa shape index (κ1) is 12.3. The molecular weight excluding hydrogens is 206 g/mol. The van der Waals surface area contributed by atoms with Gasteiger partial charge in [-0.3, -0.25) is 0 Å². The summed E-state index contributed by atoms with van der Waals surface area (Å²) in [5.74, 6) is 0. The third-order valence-electron chi connectivity index (χ3n) is 2.49. The zero-order valence-corrected chi connectivity index (χ0v) is 10.1. The number of benzene rings is 1. The topological polar surface area (TPSA) is 12.0 Å². The maximum absolute atomic E-state index is 6.09. The van der Waals surface area contributed by atoms with Crippen LogP contribution in [0, 0.1) is 6.92 Å². The molecule has 0 fully saturated rings. The average Bonchev–Trinajstić information content (AvgIpc) is 2.25. The standard InChI is InChI=1S/C13H18ClN/c1-4-9-15-13(5-2)11-7-6-8-12(14)10(11)3/h5-8,13,15H,2,4,9H2,1,3H3. The van der Waals surface area contributed by atoms with E-state index < -0.39 is 0 Å². The van der Waals surface area contributed by atoms with E-state index in [1.165, 1.54) is 5.56 Å². The normalized spacial score (nSPS) is 12.5. The van der Waals surface area contributed by atoms with Crippen LogP contribution in [0.25, 0.3) is 0 Å². The van der Waals surface area contributed by atoms with Crippen molar-refractivity contribution < 1.29 is 0 Å². The Morgan fingerprint density at radius 3 is 2.87 bits per heavy atom. The molecule has 0 heterocycles. The molecule has 1 aromatic rings. The van der Waals surface area contributed by atoms with Gasteiger partial charge in [0.1, 0.15) is 0 Å². The average molecular weight is 224 g/mol. The highest BCUT2D eigenvalue weighted by atomic mass is 35.5. The lowest BCUT2D eigenvalue weighted by Gasteiger charge is -2.17. The lowest BCUT2D eigenvalue weighted by atomic mass is 10.0. The molecule has 0 amide bonds. The van der Waals surface area contributed by atoms with Gasteiger partial charge in [0.25, 0.3) is 0 Å². The summed E-state index contributed by atoms with van der Waals surface area (Å²) in [6.07, 6.45) is 3.04. The van der Waals surface area contributed by atoms with E-state index in [2.05, 4.69) is 24.9 Å². The van der Waals surface area contributed by atoms with E-state index in [9.17, 15) is 0 Å². The second-order valence-electron chi connectivity index (χ2n) is 3.62. The van der Waals surface area contributed by atoms with Crippen molar-refractivity contribution in [3.8, 4) is 0 Å². The largest absolute Gasteiger partial charge is 0.307 e. The van der Waals surface area contributed by atoms with Crippen LogP contribution in [-0.2, 0) is 0 Å². The van der Waals surface area contributed by atoms with Crippen molar-refractivity contribution in [2.75, 3.05) is 6.54 Å². The zero-order chi connectivity index (χ0) is 11.3. The molecule has 1 unspecified atom stereocenters. The zero-order valence-electron chi connectivity index (χ0n) is 9.39. The van der Waals surface area contributed by atoms with Crippen LogP contribution in [0.15, 0.2) is 30.9 Å². The van der Waals surface area contributed by atoms with Crippen molar-refractivity contribution in [2.45, 2.75) is 26.3 Å². The SMILES string of the molecule is C=CC(NCCC)c1cccc(Cl)c1C. The molecule has 1 N–H and O–H groups in total. The van der Waals surface area contributed by atoms with Gasteiger partial charge in [-0.15, -0.1) is 6.58 Å². The molecule has 0 spiro atoms. The first-order chi connectivity index (χ1) is 7.20. The van der Waals surface area contributed by atoms with Crippen molar-refractivity contribution in [1.82, 2.24) is 5.32 Å². The number of rotatable bonds is 5. The van der Waals surface area contributed by atoms with E-state index in [1.54, 1.807) is 0 Å². The van der Waals surface area contributed by atoms with Gasteiger partial charge in [0.2, 0.25) is 0 Å². The van der Waals surface area contributed by atoms with Gasteiger partial charge < -0.3 is 5.32 Å². The Labute approximate surface area is 97.1 Å². The monoisotopic (exact) mass is 223 g/mol. The first-order valence-electron chi connectivity index (χ1n) is 5.31. The Bertz CT molecular complexity index is 333. The highest BCUT2D eigenvalue weighted by Gasteiger charge is 2.10. The number of halogens is 1. The second-order valence-corrected chi connectivity index (χ2v) is 4.03. The van der Waals surface area contributed by atoms with Gasteiger partial charge in [-0.1, -0.05) is 36.7 Å². The molecule has 15 heavy (non-hydrogen) atoms. The Morgan fingerprint density at radius 2 is 2.27 bits per heavy atom. The minimum absolute atomic E-state index is 0.198. The smallest absolute Gasteiger partial charge is 0.0506 e. The molecule has 0 aliphatic carbocycles. The molecule has 1 rings (SSSR count). The predicted molar refractivity (Wildman–Crippen MR) is 67.4 cm³/mol. The van der Waals surface area contributed by atoms with E-state index in [-0.39, 0.29) is 6.04 Å². The molecule has 0 bridgehead atoms. The maximum atomic E-state index is 6.09. The van der Waals surface area contributed by atoms with Gasteiger partial charge in [0.15, 0.2) is 0 Å². The van der Waals surface area contributed by atoms with Crippen LogP contribution in [-0.4, -0.2) is 6.54 Å². The fourth-order valence-corrected chi connectivity index (χ4v) is 1.76. The van der Waals surface area contributed by atoms with E-state index in [1.807, 2.05) is 25.1 Å². The van der Waals surface area contributed by atoms with E-state index >= 15 is 0 Å². The molecule has 2 heteroatoms. The Hall–Kier alpha value is -0.790. The van der Waals surface area contributed by atoms with Crippen molar-refractivity contribution in [3.05, 3.63) is 47.0 Å². The molecule has 0 saturated carbocycles. The van der Waals surface area contributed by atoms with Crippen molar-refractivity contribution in [3.63, 3.8) is 0 Å². The van der Waals surface area contributed by atoms with E-state index in [4.69, 9.17) is 11.6 Å². The lowest BCUT2D eigenvalue weighted by Crippen LogP contribution is -2.20. The highest BCUT2D eigenvalue weighted by Crippen LogP contribution is 2.24. The summed E-state index contributed by atoms with van der Waals surface area (Å²) in [5, 5.41) is 4.24. The van der Waals surface area contributed by atoms with Crippen LogP contribution >= 0.6 is 11.6 Å². The fourth-order valence-electron chi connectivity index (χ4n) is 1.58. The van der Waals surface area contributed by atoms with Gasteiger partial charge in [0.05, 0.1) is 6.04 Å². The molecule has 1 nitrogen and oxygen atoms in total. The molecule has 0 aliphatic heterocycles. The molecule has 1 aromatic carbocycles. The van der Waals surface area contributed by atoms with Crippen molar-refractivity contribution >= 4 is 11.6 Å². The van der Waals surface area contributed by atoms with Crippen LogP contribution < -0.4 is 5.32 Å². The van der Waals surface area contributed by atoms with Gasteiger partial charge in [-0.05, 0) is 37.1 Å². The third kappa shape index (κ3) is 3.08. The molecule has 0 saturated heterocycles. The minimum atomic E-state index is 0.198. The van der Waals surface area contributed by atoms with Crippen LogP contribution in [0.4, 0.5) is 0 Å². The third-order valence-corrected chi connectivity index (χ3v) is 2.90. The summed E-state index contributed by atoms with van der Waals surface area (Å²) < 4.78 is 0. The Morgan fingerprint density at radius 1 is 1.53 bits per heavy atom. The van der Waals surface area contributed by atoms with Gasteiger partial charge >= 0.3 is 0 Å². The van der Waals surface area contributed by atoms with E-state index in [0.717, 1.165) is 23.6 Å². The predicted octanol–water partition coefficient (Wildman–Crippen LogP) is 3.88. The quantitative estimate of drug-likeness (QED) is 0.748. The summed E-state index contributed by atoms with van der Waals surface area (Å²) in [4.78, 5) is 0. The highest BCUT2D eigenvalue weighted by molar-refractivity contribution is 6.31. The van der Waals surface area contributed by atoms with Gasteiger partial charge in [0, 0.05) is 5.02 Å². The number of nitrogens with one attached hydrogen (secondary N) is 1. The van der Waals surface area contributed by atoms with Crippen molar-refractivity contribution in [2.24, 2.45) is 0 Å². The second kappa shape index (κ2) is 5.94. The summed E-state index contributed by atoms with van der Waals surface area (Å²) in [5.41, 5.74) is 2.35. The Balaban J connectivity index is 2.91. The molecule has 1 atom stereocenters. The van der Waals surface area contributed by atoms with Gasteiger partial charge in [-0.2, -0.15) is 0 Å². The summed E-state index contributed by atoms with van der Waals surface area (Å²) >= 11 is 6.09. The maximum Gasteiger partial charge on any atom is 0.0506 e. The van der Waals surface area contributed by atoms with E-state index in [0.29, 0.717) is 0 Å². The van der Waals surface area contributed by atoms with Crippen LogP contribution in [0.5, 0.6) is 0 Å². The van der Waals surface area contributed by atoms with Crippen molar-refractivity contribution in [1.29, 1.82) is 0 Å². The summed E-state index contributed by atoms with van der Waals surface area (Å²) in [6, 6.07) is 6.19. The minimum Gasteiger partial charge on any atom is -0.307 e. The fraction of sp³-hybridized carbons (Fsp3) is 0.385. The van der Waals surface area contributed by atoms with Gasteiger partial charge in [-0.25, -0.2) is 0 Å². The van der Waals surface area contributed by atoms with Crippen LogP contribution in [0.2, 0.25) is 5.02 Å².